The summed E-state index contributed by atoms with van der Waals surface area (Å²) < 4.78 is 11.7. The number of benzene rings is 1. The number of nitrogens with zero attached hydrogens (tertiary/aromatic N) is 2. The van der Waals surface area contributed by atoms with Crippen LogP contribution in [0, 0.1) is 0 Å². The van der Waals surface area contributed by atoms with Gasteiger partial charge in [0.1, 0.15) is 5.75 Å². The molecule has 4 rings (SSSR count). The summed E-state index contributed by atoms with van der Waals surface area (Å²) >= 11 is 1.45. The molecule has 0 unspecified atom stereocenters. The highest BCUT2D eigenvalue weighted by Gasteiger charge is 2.42. The molecule has 1 fully saturated rings. The Morgan fingerprint density at radius 3 is 2.78 bits per heavy atom. The van der Waals surface area contributed by atoms with Crippen molar-refractivity contribution in [2.24, 2.45) is 0 Å². The van der Waals surface area contributed by atoms with Crippen molar-refractivity contribution in [3.05, 3.63) is 45.4 Å². The number of carbonyl (C=O) groups excluding carboxylic acids is 1. The van der Waals surface area contributed by atoms with E-state index in [9.17, 15) is 4.79 Å². The number of amides is 1. The molecule has 0 radical (unpaired) electrons. The fraction of sp³-hybridized carbons (Fsp3) is 0.524. The van der Waals surface area contributed by atoms with Gasteiger partial charge in [-0.15, -0.1) is 11.3 Å². The minimum Gasteiger partial charge on any atom is -0.497 e. The lowest BCUT2D eigenvalue weighted by Gasteiger charge is -2.45. The van der Waals surface area contributed by atoms with E-state index in [1.165, 1.54) is 22.5 Å². The number of ether oxygens (including phenoxy) is 2. The first-order valence-electron chi connectivity index (χ1n) is 9.58. The van der Waals surface area contributed by atoms with Gasteiger partial charge in [-0.2, -0.15) is 0 Å². The average Bonchev–Trinajstić information content (AvgIpc) is 3.18. The number of rotatable bonds is 3. The van der Waals surface area contributed by atoms with Crippen LogP contribution in [0.4, 0.5) is 0 Å². The van der Waals surface area contributed by atoms with E-state index in [4.69, 9.17) is 9.47 Å². The van der Waals surface area contributed by atoms with Crippen LogP contribution < -0.4 is 4.74 Å². The van der Waals surface area contributed by atoms with Crippen molar-refractivity contribution < 1.29 is 14.3 Å². The van der Waals surface area contributed by atoms with Crippen LogP contribution in [0.25, 0.3) is 0 Å². The summed E-state index contributed by atoms with van der Waals surface area (Å²) in [5, 5.41) is 2.60. The van der Waals surface area contributed by atoms with Gasteiger partial charge in [-0.1, -0.05) is 19.9 Å². The number of thiazole rings is 1. The van der Waals surface area contributed by atoms with E-state index in [1.807, 2.05) is 16.3 Å². The van der Waals surface area contributed by atoms with Gasteiger partial charge in [0.2, 0.25) is 0 Å². The van der Waals surface area contributed by atoms with E-state index >= 15 is 0 Å². The number of methoxy groups -OCH3 is 1. The number of carbonyl (C=O) groups is 1. The van der Waals surface area contributed by atoms with Gasteiger partial charge in [0, 0.05) is 18.5 Å². The Labute approximate surface area is 164 Å². The standard InChI is InChI=1S/C21H26N2O3S/c1-14(2)18-13-27-19(22-18)20(24)23-9-7-21(8-10-23)17-5-4-16(25-3)12-15(17)6-11-26-21/h4-5,12-14H,6-11H2,1-3H3. The van der Waals surface area contributed by atoms with Gasteiger partial charge < -0.3 is 14.4 Å². The number of likely N-dealkylation sites (tertiary alicyclic amines) is 1. The Bertz CT molecular complexity index is 838. The van der Waals surface area contributed by atoms with Crippen molar-refractivity contribution in [3.63, 3.8) is 0 Å². The molecule has 0 N–H and O–H groups in total. The molecule has 2 aliphatic heterocycles. The van der Waals surface area contributed by atoms with Crippen molar-refractivity contribution in [1.29, 1.82) is 0 Å². The number of aromatic nitrogens is 1. The minimum atomic E-state index is -0.275. The molecule has 2 aromatic rings. The third-order valence-electron chi connectivity index (χ3n) is 5.71. The number of hydrogen-bond acceptors (Lipinski definition) is 5. The van der Waals surface area contributed by atoms with Gasteiger partial charge in [0.25, 0.3) is 5.91 Å². The van der Waals surface area contributed by atoms with Crippen LogP contribution >= 0.6 is 11.3 Å². The molecule has 1 aromatic carbocycles. The smallest absolute Gasteiger partial charge is 0.282 e. The van der Waals surface area contributed by atoms with Crippen molar-refractivity contribution in [2.45, 2.75) is 44.6 Å². The average molecular weight is 387 g/mol. The number of hydrogen-bond donors (Lipinski definition) is 0. The van der Waals surface area contributed by atoms with Crippen molar-refractivity contribution in [1.82, 2.24) is 9.88 Å². The molecule has 0 saturated carbocycles. The second-order valence-corrected chi connectivity index (χ2v) is 8.50. The van der Waals surface area contributed by atoms with Crippen LogP contribution in [0.1, 0.15) is 59.2 Å². The van der Waals surface area contributed by atoms with Crippen LogP contribution in [0.15, 0.2) is 23.6 Å². The molecule has 1 spiro atoms. The highest BCUT2D eigenvalue weighted by Crippen LogP contribution is 2.42. The minimum absolute atomic E-state index is 0.0486. The summed E-state index contributed by atoms with van der Waals surface area (Å²) in [6.45, 7) is 6.31. The molecule has 2 aliphatic rings. The molecule has 0 bridgehead atoms. The quantitative estimate of drug-likeness (QED) is 0.801. The molecule has 1 saturated heterocycles. The number of piperidine rings is 1. The van der Waals surface area contributed by atoms with Gasteiger partial charge >= 0.3 is 0 Å². The second kappa shape index (κ2) is 7.24. The fourth-order valence-corrected chi connectivity index (χ4v) is 5.00. The maximum Gasteiger partial charge on any atom is 0.282 e. The van der Waals surface area contributed by atoms with Crippen LogP contribution in [0.3, 0.4) is 0 Å². The maximum absolute atomic E-state index is 12.9. The van der Waals surface area contributed by atoms with Crippen LogP contribution in [0.2, 0.25) is 0 Å². The molecule has 1 amide bonds. The summed E-state index contributed by atoms with van der Waals surface area (Å²) in [7, 11) is 1.70. The summed E-state index contributed by atoms with van der Waals surface area (Å²) in [5.41, 5.74) is 3.29. The Balaban J connectivity index is 1.50. The van der Waals surface area contributed by atoms with Crippen molar-refractivity contribution >= 4 is 17.2 Å². The maximum atomic E-state index is 12.9. The first-order valence-corrected chi connectivity index (χ1v) is 10.5. The predicted octanol–water partition coefficient (Wildman–Crippen LogP) is 3.98. The molecule has 6 heteroatoms. The summed E-state index contributed by atoms with van der Waals surface area (Å²) in [5.74, 6) is 1.28. The van der Waals surface area contributed by atoms with Gasteiger partial charge in [-0.25, -0.2) is 4.98 Å². The first-order chi connectivity index (χ1) is 13.0. The van der Waals surface area contributed by atoms with Gasteiger partial charge in [0.15, 0.2) is 5.01 Å². The zero-order valence-electron chi connectivity index (χ0n) is 16.2. The van der Waals surface area contributed by atoms with Crippen LogP contribution in [0.5, 0.6) is 5.75 Å². The van der Waals surface area contributed by atoms with E-state index in [0.717, 1.165) is 37.3 Å². The van der Waals surface area contributed by atoms with Gasteiger partial charge in [-0.05, 0) is 48.4 Å². The normalized spacial score (nSPS) is 18.6. The summed E-state index contributed by atoms with van der Waals surface area (Å²) in [6, 6.07) is 6.27. The second-order valence-electron chi connectivity index (χ2n) is 7.64. The predicted molar refractivity (Wildman–Crippen MR) is 106 cm³/mol. The van der Waals surface area contributed by atoms with E-state index in [0.29, 0.717) is 24.0 Å². The topological polar surface area (TPSA) is 51.7 Å². The molecular formula is C21H26N2O3S. The van der Waals surface area contributed by atoms with Crippen molar-refractivity contribution in [2.75, 3.05) is 26.8 Å². The molecular weight excluding hydrogens is 360 g/mol. The van der Waals surface area contributed by atoms with E-state index in [2.05, 4.69) is 31.0 Å². The van der Waals surface area contributed by atoms with Crippen LogP contribution in [-0.2, 0) is 16.8 Å². The Hall–Kier alpha value is -1.92. The summed E-state index contributed by atoms with van der Waals surface area (Å²) in [6.07, 6.45) is 2.55. The Morgan fingerprint density at radius 2 is 2.11 bits per heavy atom. The monoisotopic (exact) mass is 386 g/mol. The highest BCUT2D eigenvalue weighted by molar-refractivity contribution is 7.11. The zero-order valence-corrected chi connectivity index (χ0v) is 17.0. The Morgan fingerprint density at radius 1 is 1.33 bits per heavy atom. The van der Waals surface area contributed by atoms with Crippen LogP contribution in [-0.4, -0.2) is 42.6 Å². The number of fused-ring (bicyclic) bond motifs is 2. The van der Waals surface area contributed by atoms with E-state index < -0.39 is 0 Å². The molecule has 0 atom stereocenters. The van der Waals surface area contributed by atoms with Gasteiger partial charge in [-0.3, -0.25) is 4.79 Å². The van der Waals surface area contributed by atoms with E-state index in [-0.39, 0.29) is 11.5 Å². The molecule has 1 aromatic heterocycles. The zero-order chi connectivity index (χ0) is 19.0. The lowest BCUT2D eigenvalue weighted by atomic mass is 9.79. The summed E-state index contributed by atoms with van der Waals surface area (Å²) in [4.78, 5) is 19.3. The third-order valence-corrected chi connectivity index (χ3v) is 6.56. The van der Waals surface area contributed by atoms with Crippen molar-refractivity contribution in [3.8, 4) is 5.75 Å². The SMILES string of the molecule is COc1ccc2c(c1)CCOC21CCN(C(=O)c2nc(C(C)C)cs2)CC1. The fourth-order valence-electron chi connectivity index (χ4n) is 4.05. The molecule has 5 nitrogen and oxygen atoms in total. The first kappa shape index (κ1) is 18.4. The molecule has 0 aliphatic carbocycles. The third kappa shape index (κ3) is 3.36. The highest BCUT2D eigenvalue weighted by atomic mass is 32.1. The Kier molecular flexibility index (Phi) is 4.95. The largest absolute Gasteiger partial charge is 0.497 e. The lowest BCUT2D eigenvalue weighted by molar-refractivity contribution is -0.0935. The molecule has 3 heterocycles. The molecule has 27 heavy (non-hydrogen) atoms. The lowest BCUT2D eigenvalue weighted by Crippen LogP contribution is -2.48. The molecule has 144 valence electrons. The van der Waals surface area contributed by atoms with Gasteiger partial charge in [0.05, 0.1) is 25.0 Å². The van der Waals surface area contributed by atoms with E-state index in [1.54, 1.807) is 7.11 Å².